The summed E-state index contributed by atoms with van der Waals surface area (Å²) in [5.41, 5.74) is 0.260. The van der Waals surface area contributed by atoms with Crippen LogP contribution in [-0.2, 0) is 4.74 Å². The quantitative estimate of drug-likeness (QED) is 0.777. The van der Waals surface area contributed by atoms with Gasteiger partial charge in [-0.15, -0.1) is 0 Å². The predicted octanol–water partition coefficient (Wildman–Crippen LogP) is 2.04. The lowest BCUT2D eigenvalue weighted by Crippen LogP contribution is -2.05. The zero-order valence-electron chi connectivity index (χ0n) is 10.4. The van der Waals surface area contributed by atoms with Crippen LogP contribution in [0.5, 0.6) is 11.5 Å². The van der Waals surface area contributed by atoms with Crippen molar-refractivity contribution in [3.05, 3.63) is 30.1 Å². The van der Waals surface area contributed by atoms with Crippen molar-refractivity contribution in [3.63, 3.8) is 0 Å². The van der Waals surface area contributed by atoms with Gasteiger partial charge in [-0.3, -0.25) is 0 Å². The summed E-state index contributed by atoms with van der Waals surface area (Å²) in [7, 11) is 4.42. The van der Waals surface area contributed by atoms with E-state index < -0.39 is 5.97 Å². The number of methoxy groups -OCH3 is 3. The fourth-order valence-electron chi connectivity index (χ4n) is 1.76. The highest BCUT2D eigenvalue weighted by atomic mass is 16.5. The van der Waals surface area contributed by atoms with Gasteiger partial charge in [-0.1, -0.05) is 0 Å². The molecule has 18 heavy (non-hydrogen) atoms. The zero-order chi connectivity index (χ0) is 13.1. The third-order valence-electron chi connectivity index (χ3n) is 2.65. The molecule has 0 saturated carbocycles. The number of rotatable bonds is 3. The van der Waals surface area contributed by atoms with E-state index in [0.29, 0.717) is 16.9 Å². The highest BCUT2D eigenvalue weighted by molar-refractivity contribution is 6.03. The number of esters is 1. The normalized spacial score (nSPS) is 10.2. The van der Waals surface area contributed by atoms with Crippen molar-refractivity contribution in [1.29, 1.82) is 0 Å². The second-order valence-electron chi connectivity index (χ2n) is 3.58. The minimum absolute atomic E-state index is 0.260. The lowest BCUT2D eigenvalue weighted by atomic mass is 10.1. The second-order valence-corrected chi connectivity index (χ2v) is 3.58. The van der Waals surface area contributed by atoms with Crippen LogP contribution >= 0.6 is 0 Å². The van der Waals surface area contributed by atoms with E-state index in [9.17, 15) is 4.79 Å². The molecule has 2 aromatic rings. The predicted molar refractivity (Wildman–Crippen MR) is 66.2 cm³/mol. The number of benzene rings is 1. The molecule has 5 heteroatoms. The van der Waals surface area contributed by atoms with E-state index in [1.165, 1.54) is 14.2 Å². The summed E-state index contributed by atoms with van der Waals surface area (Å²) >= 11 is 0. The molecule has 0 bridgehead atoms. The van der Waals surface area contributed by atoms with Gasteiger partial charge in [0.25, 0.3) is 0 Å². The number of fused-ring (bicyclic) bond motifs is 1. The first kappa shape index (κ1) is 12.2. The van der Waals surface area contributed by atoms with E-state index in [2.05, 4.69) is 4.98 Å². The van der Waals surface area contributed by atoms with Crippen LogP contribution in [0.3, 0.4) is 0 Å². The number of pyridine rings is 1. The van der Waals surface area contributed by atoms with Gasteiger partial charge < -0.3 is 14.2 Å². The summed E-state index contributed by atoms with van der Waals surface area (Å²) in [6.45, 7) is 0. The molecule has 94 valence electrons. The number of hydrogen-bond donors (Lipinski definition) is 0. The van der Waals surface area contributed by atoms with Crippen molar-refractivity contribution in [2.24, 2.45) is 0 Å². The summed E-state index contributed by atoms with van der Waals surface area (Å²) in [6, 6.07) is 5.30. The first-order valence-electron chi connectivity index (χ1n) is 5.30. The van der Waals surface area contributed by atoms with Gasteiger partial charge in [0.05, 0.1) is 21.3 Å². The summed E-state index contributed by atoms with van der Waals surface area (Å²) in [4.78, 5) is 15.7. The Kier molecular flexibility index (Phi) is 3.32. The fraction of sp³-hybridized carbons (Fsp3) is 0.231. The van der Waals surface area contributed by atoms with E-state index in [1.807, 2.05) is 0 Å². The van der Waals surface area contributed by atoms with Gasteiger partial charge in [-0.25, -0.2) is 9.78 Å². The molecule has 1 aromatic carbocycles. The summed E-state index contributed by atoms with van der Waals surface area (Å²) in [6.07, 6.45) is 1.56. The van der Waals surface area contributed by atoms with Crippen LogP contribution in [0.15, 0.2) is 24.4 Å². The van der Waals surface area contributed by atoms with Crippen LogP contribution in [0.4, 0.5) is 0 Å². The maximum Gasteiger partial charge on any atom is 0.357 e. The van der Waals surface area contributed by atoms with Crippen LogP contribution in [-0.4, -0.2) is 32.3 Å². The minimum atomic E-state index is -0.479. The molecule has 1 heterocycles. The first-order chi connectivity index (χ1) is 8.71. The van der Waals surface area contributed by atoms with Crippen LogP contribution in [0.1, 0.15) is 10.5 Å². The molecule has 0 aliphatic carbocycles. The standard InChI is InChI=1S/C13H13NO4/c1-16-10-6-8-4-5-14-12(13(15)18-3)9(8)7-11(10)17-2/h4-7H,1-3H3. The molecule has 0 amide bonds. The number of carbonyl (C=O) groups is 1. The zero-order valence-corrected chi connectivity index (χ0v) is 10.4. The van der Waals surface area contributed by atoms with E-state index in [1.54, 1.807) is 31.5 Å². The van der Waals surface area contributed by atoms with Crippen LogP contribution < -0.4 is 9.47 Å². The molecule has 0 aliphatic heterocycles. The molecular formula is C13H13NO4. The number of aromatic nitrogens is 1. The Bertz CT molecular complexity index is 595. The topological polar surface area (TPSA) is 57.7 Å². The fourth-order valence-corrected chi connectivity index (χ4v) is 1.76. The second kappa shape index (κ2) is 4.91. The Balaban J connectivity index is 2.72. The van der Waals surface area contributed by atoms with Crippen molar-refractivity contribution >= 4 is 16.7 Å². The minimum Gasteiger partial charge on any atom is -0.493 e. The highest BCUT2D eigenvalue weighted by Gasteiger charge is 2.14. The molecule has 0 atom stereocenters. The lowest BCUT2D eigenvalue weighted by molar-refractivity contribution is 0.0596. The molecule has 0 spiro atoms. The molecule has 1 aromatic heterocycles. The summed E-state index contributed by atoms with van der Waals surface area (Å²) in [5.74, 6) is 0.669. The van der Waals surface area contributed by atoms with Gasteiger partial charge in [0.2, 0.25) is 0 Å². The third-order valence-corrected chi connectivity index (χ3v) is 2.65. The third kappa shape index (κ3) is 1.95. The van der Waals surface area contributed by atoms with Gasteiger partial charge in [0.1, 0.15) is 0 Å². The number of ether oxygens (including phenoxy) is 3. The number of hydrogen-bond acceptors (Lipinski definition) is 5. The summed E-state index contributed by atoms with van der Waals surface area (Å²) < 4.78 is 15.1. The number of carbonyl (C=O) groups excluding carboxylic acids is 1. The van der Waals surface area contributed by atoms with Gasteiger partial charge >= 0.3 is 5.97 Å². The average molecular weight is 247 g/mol. The maximum absolute atomic E-state index is 11.6. The van der Waals surface area contributed by atoms with Gasteiger partial charge in [-0.05, 0) is 23.6 Å². The van der Waals surface area contributed by atoms with Gasteiger partial charge in [0, 0.05) is 11.6 Å². The molecule has 0 N–H and O–H groups in total. The molecular weight excluding hydrogens is 234 g/mol. The molecule has 5 nitrogen and oxygen atoms in total. The Hall–Kier alpha value is -2.30. The van der Waals surface area contributed by atoms with Crippen molar-refractivity contribution in [3.8, 4) is 11.5 Å². The van der Waals surface area contributed by atoms with Crippen molar-refractivity contribution in [1.82, 2.24) is 4.98 Å². The van der Waals surface area contributed by atoms with Crippen molar-refractivity contribution < 1.29 is 19.0 Å². The molecule has 0 radical (unpaired) electrons. The molecule has 0 fully saturated rings. The Morgan fingerprint density at radius 3 is 2.39 bits per heavy atom. The van der Waals surface area contributed by atoms with Crippen LogP contribution in [0, 0.1) is 0 Å². The first-order valence-corrected chi connectivity index (χ1v) is 5.30. The SMILES string of the molecule is COC(=O)c1nccc2cc(OC)c(OC)cc12. The van der Waals surface area contributed by atoms with E-state index in [4.69, 9.17) is 14.2 Å². The molecule has 0 unspecified atom stereocenters. The highest BCUT2D eigenvalue weighted by Crippen LogP contribution is 2.33. The summed E-state index contributed by atoms with van der Waals surface area (Å²) in [5, 5.41) is 1.50. The smallest absolute Gasteiger partial charge is 0.357 e. The van der Waals surface area contributed by atoms with Gasteiger partial charge in [-0.2, -0.15) is 0 Å². The monoisotopic (exact) mass is 247 g/mol. The molecule has 2 rings (SSSR count). The molecule has 0 saturated heterocycles. The van der Waals surface area contributed by atoms with Crippen LogP contribution in [0.2, 0.25) is 0 Å². The van der Waals surface area contributed by atoms with Gasteiger partial charge in [0.15, 0.2) is 17.2 Å². The van der Waals surface area contributed by atoms with Crippen molar-refractivity contribution in [2.75, 3.05) is 21.3 Å². The number of nitrogens with zero attached hydrogens (tertiary/aromatic N) is 1. The molecule has 0 aliphatic rings. The van der Waals surface area contributed by atoms with Crippen molar-refractivity contribution in [2.45, 2.75) is 0 Å². The Morgan fingerprint density at radius 1 is 1.11 bits per heavy atom. The van der Waals surface area contributed by atoms with E-state index in [-0.39, 0.29) is 5.69 Å². The van der Waals surface area contributed by atoms with E-state index >= 15 is 0 Å². The van der Waals surface area contributed by atoms with Crippen LogP contribution in [0.25, 0.3) is 10.8 Å². The largest absolute Gasteiger partial charge is 0.493 e. The Labute approximate surface area is 104 Å². The maximum atomic E-state index is 11.6. The lowest BCUT2D eigenvalue weighted by Gasteiger charge is -2.10. The van der Waals surface area contributed by atoms with E-state index in [0.717, 1.165) is 5.39 Å². The average Bonchev–Trinajstić information content (AvgIpc) is 2.44. The Morgan fingerprint density at radius 2 is 1.78 bits per heavy atom.